The summed E-state index contributed by atoms with van der Waals surface area (Å²) in [6, 6.07) is 8.76. The van der Waals surface area contributed by atoms with Gasteiger partial charge in [0.25, 0.3) is 0 Å². The molecule has 0 saturated heterocycles. The molecule has 1 atom stereocenters. The van der Waals surface area contributed by atoms with Crippen molar-refractivity contribution in [2.45, 2.75) is 18.9 Å². The zero-order valence-electron chi connectivity index (χ0n) is 9.07. The van der Waals surface area contributed by atoms with Crippen LogP contribution in [0.2, 0.25) is 0 Å². The lowest BCUT2D eigenvalue weighted by Crippen LogP contribution is -2.38. The Kier molecular flexibility index (Phi) is 3.74. The van der Waals surface area contributed by atoms with E-state index in [1.54, 1.807) is 0 Å². The molecule has 0 saturated carbocycles. The highest BCUT2D eigenvalue weighted by Crippen LogP contribution is 2.30. The molecule has 2 rings (SSSR count). The number of hydrogen-bond donors (Lipinski definition) is 3. The molecule has 0 spiro atoms. The van der Waals surface area contributed by atoms with E-state index in [2.05, 4.69) is 34.9 Å². The summed E-state index contributed by atoms with van der Waals surface area (Å²) in [6.45, 7) is 0.600. The fourth-order valence-corrected chi connectivity index (χ4v) is 2.33. The van der Waals surface area contributed by atoms with E-state index in [0.29, 0.717) is 17.7 Å². The number of rotatable bonds is 3. The fourth-order valence-electron chi connectivity index (χ4n) is 2.09. The van der Waals surface area contributed by atoms with E-state index in [4.69, 9.17) is 17.3 Å². The minimum atomic E-state index is 0.100. The van der Waals surface area contributed by atoms with Crippen molar-refractivity contribution in [1.29, 1.82) is 0 Å². The summed E-state index contributed by atoms with van der Waals surface area (Å²) < 4.78 is 0. The third kappa shape index (κ3) is 2.51. The first-order valence-electron chi connectivity index (χ1n) is 5.54. The molecule has 3 nitrogen and oxygen atoms in total. The van der Waals surface area contributed by atoms with Gasteiger partial charge in [0.1, 0.15) is 0 Å². The summed E-state index contributed by atoms with van der Waals surface area (Å²) in [5.41, 5.74) is 2.75. The fraction of sp³-hybridized carbons (Fsp3) is 0.417. The summed E-state index contributed by atoms with van der Waals surface area (Å²) in [6.07, 6.45) is 2.19. The molecule has 0 radical (unpaired) electrons. The first-order chi connectivity index (χ1) is 7.81. The third-order valence-corrected chi connectivity index (χ3v) is 3.10. The van der Waals surface area contributed by atoms with Crippen LogP contribution >= 0.6 is 12.2 Å². The molecule has 16 heavy (non-hydrogen) atoms. The average molecular weight is 236 g/mol. The standard InChI is InChI=1S/C12H16N2OS/c15-8-7-13-12(16)14-11-6-5-9-3-1-2-4-10(9)11/h1-4,11,15H,5-8H2,(H2,13,14,16)/t11-/m0/s1. The van der Waals surface area contributed by atoms with Gasteiger partial charge in [0.2, 0.25) is 0 Å². The summed E-state index contributed by atoms with van der Waals surface area (Å²) in [4.78, 5) is 0. The molecule has 86 valence electrons. The SMILES string of the molecule is OCCNC(=S)N[C@H]1CCc2ccccc21. The minimum Gasteiger partial charge on any atom is -0.395 e. The van der Waals surface area contributed by atoms with Gasteiger partial charge in [0.15, 0.2) is 5.11 Å². The summed E-state index contributed by atoms with van der Waals surface area (Å²) in [7, 11) is 0. The molecule has 0 amide bonds. The number of benzene rings is 1. The van der Waals surface area contributed by atoms with E-state index in [1.165, 1.54) is 11.1 Å². The Bertz CT molecular complexity index is 381. The predicted molar refractivity (Wildman–Crippen MR) is 68.3 cm³/mol. The highest BCUT2D eigenvalue weighted by atomic mass is 32.1. The van der Waals surface area contributed by atoms with E-state index in [-0.39, 0.29) is 6.61 Å². The van der Waals surface area contributed by atoms with Crippen molar-refractivity contribution in [3.05, 3.63) is 35.4 Å². The molecule has 1 aromatic carbocycles. The molecule has 1 aliphatic rings. The molecular formula is C12H16N2OS. The molecule has 1 aliphatic carbocycles. The van der Waals surface area contributed by atoms with Gasteiger partial charge in [0, 0.05) is 6.54 Å². The van der Waals surface area contributed by atoms with Crippen molar-refractivity contribution in [2.75, 3.05) is 13.2 Å². The molecular weight excluding hydrogens is 220 g/mol. The minimum absolute atomic E-state index is 0.100. The van der Waals surface area contributed by atoms with Gasteiger partial charge in [-0.1, -0.05) is 24.3 Å². The Hall–Kier alpha value is -1.13. The Morgan fingerprint density at radius 3 is 3.06 bits per heavy atom. The van der Waals surface area contributed by atoms with Gasteiger partial charge in [-0.05, 0) is 36.2 Å². The largest absolute Gasteiger partial charge is 0.395 e. The Morgan fingerprint density at radius 2 is 2.25 bits per heavy atom. The molecule has 1 aromatic rings. The van der Waals surface area contributed by atoms with Crippen LogP contribution in [0.1, 0.15) is 23.6 Å². The maximum Gasteiger partial charge on any atom is 0.166 e. The van der Waals surface area contributed by atoms with Crippen LogP contribution in [0.15, 0.2) is 24.3 Å². The van der Waals surface area contributed by atoms with E-state index in [0.717, 1.165) is 12.8 Å². The molecule has 0 unspecified atom stereocenters. The number of aliphatic hydroxyl groups is 1. The maximum absolute atomic E-state index is 8.68. The van der Waals surface area contributed by atoms with E-state index >= 15 is 0 Å². The van der Waals surface area contributed by atoms with E-state index in [1.807, 2.05) is 0 Å². The molecule has 3 N–H and O–H groups in total. The second-order valence-corrected chi connectivity index (χ2v) is 4.32. The van der Waals surface area contributed by atoms with Gasteiger partial charge in [-0.15, -0.1) is 0 Å². The molecule has 0 aromatic heterocycles. The molecule has 0 heterocycles. The van der Waals surface area contributed by atoms with Crippen LogP contribution in [0.25, 0.3) is 0 Å². The summed E-state index contributed by atoms with van der Waals surface area (Å²) >= 11 is 5.15. The van der Waals surface area contributed by atoms with Gasteiger partial charge in [0.05, 0.1) is 12.6 Å². The van der Waals surface area contributed by atoms with Crippen molar-refractivity contribution in [3.63, 3.8) is 0 Å². The molecule has 0 aliphatic heterocycles. The first kappa shape index (κ1) is 11.4. The number of fused-ring (bicyclic) bond motifs is 1. The number of thiocarbonyl (C=S) groups is 1. The van der Waals surface area contributed by atoms with E-state index in [9.17, 15) is 0 Å². The van der Waals surface area contributed by atoms with Crippen LogP contribution in [0.5, 0.6) is 0 Å². The third-order valence-electron chi connectivity index (χ3n) is 2.84. The number of nitrogens with one attached hydrogen (secondary N) is 2. The van der Waals surface area contributed by atoms with Crippen molar-refractivity contribution in [2.24, 2.45) is 0 Å². The van der Waals surface area contributed by atoms with Gasteiger partial charge < -0.3 is 15.7 Å². The van der Waals surface area contributed by atoms with Crippen LogP contribution in [-0.2, 0) is 6.42 Å². The van der Waals surface area contributed by atoms with Crippen LogP contribution in [0, 0.1) is 0 Å². The molecule has 4 heteroatoms. The van der Waals surface area contributed by atoms with Crippen molar-refractivity contribution < 1.29 is 5.11 Å². The molecule has 0 fully saturated rings. The smallest absolute Gasteiger partial charge is 0.166 e. The van der Waals surface area contributed by atoms with Crippen molar-refractivity contribution >= 4 is 17.3 Å². The maximum atomic E-state index is 8.68. The van der Waals surface area contributed by atoms with E-state index < -0.39 is 0 Å². The highest BCUT2D eigenvalue weighted by Gasteiger charge is 2.21. The van der Waals surface area contributed by atoms with Crippen molar-refractivity contribution in [1.82, 2.24) is 10.6 Å². The first-order valence-corrected chi connectivity index (χ1v) is 5.95. The number of aliphatic hydroxyl groups excluding tert-OH is 1. The lowest BCUT2D eigenvalue weighted by Gasteiger charge is -2.16. The van der Waals surface area contributed by atoms with Crippen LogP contribution in [0.4, 0.5) is 0 Å². The zero-order chi connectivity index (χ0) is 11.4. The lowest BCUT2D eigenvalue weighted by atomic mass is 10.1. The average Bonchev–Trinajstić information content (AvgIpc) is 2.70. The highest BCUT2D eigenvalue weighted by molar-refractivity contribution is 7.80. The van der Waals surface area contributed by atoms with Crippen LogP contribution in [0.3, 0.4) is 0 Å². The molecule has 0 bridgehead atoms. The van der Waals surface area contributed by atoms with Gasteiger partial charge in [-0.25, -0.2) is 0 Å². The lowest BCUT2D eigenvalue weighted by molar-refractivity contribution is 0.300. The van der Waals surface area contributed by atoms with Crippen LogP contribution < -0.4 is 10.6 Å². The predicted octanol–water partition coefficient (Wildman–Crippen LogP) is 1.13. The Morgan fingerprint density at radius 1 is 1.44 bits per heavy atom. The monoisotopic (exact) mass is 236 g/mol. The van der Waals surface area contributed by atoms with Gasteiger partial charge in [-0.2, -0.15) is 0 Å². The van der Waals surface area contributed by atoms with Gasteiger partial charge >= 0.3 is 0 Å². The summed E-state index contributed by atoms with van der Waals surface area (Å²) in [5.74, 6) is 0. The second kappa shape index (κ2) is 5.27. The zero-order valence-corrected chi connectivity index (χ0v) is 9.89. The topological polar surface area (TPSA) is 44.3 Å². The normalized spacial score (nSPS) is 17.9. The van der Waals surface area contributed by atoms with Crippen molar-refractivity contribution in [3.8, 4) is 0 Å². The van der Waals surface area contributed by atoms with Crippen LogP contribution in [-0.4, -0.2) is 23.4 Å². The second-order valence-electron chi connectivity index (χ2n) is 3.91. The quantitative estimate of drug-likeness (QED) is 0.688. The summed E-state index contributed by atoms with van der Waals surface area (Å²) in [5, 5.41) is 15.5. The Balaban J connectivity index is 1.95. The number of aryl methyl sites for hydroxylation is 1. The Labute approximate surface area is 101 Å². The number of hydrogen-bond acceptors (Lipinski definition) is 2. The van der Waals surface area contributed by atoms with Gasteiger partial charge in [-0.3, -0.25) is 0 Å².